The minimum absolute atomic E-state index is 0.0361. The van der Waals surface area contributed by atoms with Crippen molar-refractivity contribution in [3.63, 3.8) is 0 Å². The molecule has 0 aliphatic heterocycles. The lowest BCUT2D eigenvalue weighted by molar-refractivity contribution is -0.123. The van der Waals surface area contributed by atoms with Gasteiger partial charge in [-0.2, -0.15) is 0 Å². The average molecular weight is 340 g/mol. The van der Waals surface area contributed by atoms with Crippen molar-refractivity contribution in [1.29, 1.82) is 0 Å². The van der Waals surface area contributed by atoms with Gasteiger partial charge in [0.2, 0.25) is 5.91 Å². The molecule has 6 N–H and O–H groups in total. The zero-order valence-corrected chi connectivity index (χ0v) is 14.1. The maximum absolute atomic E-state index is 12.0. The lowest BCUT2D eigenvalue weighted by atomic mass is 10.2. The maximum atomic E-state index is 12.0. The highest BCUT2D eigenvalue weighted by Crippen LogP contribution is 2.15. The summed E-state index contributed by atoms with van der Waals surface area (Å²) in [6, 6.07) is 7.22. The standard InChI is InChI=1S/C15H22ClN5O2/c1-9(2)15(23)20-14(12(13(17)22)21(3)18)19-8-10-6-4-5-7-11(10)16/h4-7,9,19H,8,18H2,1-3H3,(H2,17,22)(H,20,23)/b14-12+. The van der Waals surface area contributed by atoms with Crippen molar-refractivity contribution in [3.05, 3.63) is 46.4 Å². The second-order valence-corrected chi connectivity index (χ2v) is 5.69. The highest BCUT2D eigenvalue weighted by Gasteiger charge is 2.19. The number of primary amides is 1. The predicted octanol–water partition coefficient (Wildman–Crippen LogP) is 0.662. The van der Waals surface area contributed by atoms with Crippen LogP contribution in [-0.2, 0) is 16.1 Å². The van der Waals surface area contributed by atoms with E-state index < -0.39 is 5.91 Å². The first-order chi connectivity index (χ1) is 10.7. The van der Waals surface area contributed by atoms with E-state index in [0.29, 0.717) is 5.02 Å². The Hall–Kier alpha value is -2.25. The van der Waals surface area contributed by atoms with Crippen LogP contribution in [0.15, 0.2) is 35.8 Å². The normalized spacial score (nSPS) is 11.7. The SMILES string of the molecule is CC(C)C(=O)N/C(NCc1ccccc1Cl)=C(\C(N)=O)N(C)N. The number of hydrogen-bond acceptors (Lipinski definition) is 5. The van der Waals surface area contributed by atoms with E-state index in [-0.39, 0.29) is 29.9 Å². The molecular weight excluding hydrogens is 318 g/mol. The lowest BCUT2D eigenvalue weighted by Crippen LogP contribution is -2.43. The summed E-state index contributed by atoms with van der Waals surface area (Å²) in [7, 11) is 1.46. The Bertz CT molecular complexity index is 614. The van der Waals surface area contributed by atoms with E-state index in [1.54, 1.807) is 19.9 Å². The summed E-state index contributed by atoms with van der Waals surface area (Å²) < 4.78 is 0. The molecule has 0 fully saturated rings. The molecule has 0 atom stereocenters. The molecule has 0 radical (unpaired) electrons. The Labute approximate surface area is 140 Å². The van der Waals surface area contributed by atoms with E-state index in [4.69, 9.17) is 23.2 Å². The van der Waals surface area contributed by atoms with E-state index in [2.05, 4.69) is 10.6 Å². The number of hydrazine groups is 1. The topological polar surface area (TPSA) is 113 Å². The first-order valence-corrected chi connectivity index (χ1v) is 7.42. The van der Waals surface area contributed by atoms with Gasteiger partial charge in [-0.15, -0.1) is 0 Å². The molecule has 0 aliphatic rings. The predicted molar refractivity (Wildman–Crippen MR) is 89.4 cm³/mol. The molecule has 0 spiro atoms. The highest BCUT2D eigenvalue weighted by molar-refractivity contribution is 6.31. The first-order valence-electron chi connectivity index (χ1n) is 7.04. The molecule has 1 rings (SSSR count). The van der Waals surface area contributed by atoms with Crippen molar-refractivity contribution in [2.75, 3.05) is 7.05 Å². The third kappa shape index (κ3) is 5.46. The summed E-state index contributed by atoms with van der Waals surface area (Å²) in [4.78, 5) is 23.6. The van der Waals surface area contributed by atoms with Crippen LogP contribution in [0.25, 0.3) is 0 Å². The molecule has 1 aromatic carbocycles. The molecule has 0 aromatic heterocycles. The van der Waals surface area contributed by atoms with Crippen LogP contribution in [0.3, 0.4) is 0 Å². The summed E-state index contributed by atoms with van der Waals surface area (Å²) >= 11 is 6.10. The molecule has 7 nitrogen and oxygen atoms in total. The van der Waals surface area contributed by atoms with Crippen LogP contribution in [-0.4, -0.2) is 23.9 Å². The van der Waals surface area contributed by atoms with Gasteiger partial charge in [-0.1, -0.05) is 43.6 Å². The van der Waals surface area contributed by atoms with Gasteiger partial charge in [-0.25, -0.2) is 5.84 Å². The van der Waals surface area contributed by atoms with Gasteiger partial charge in [0.1, 0.15) is 5.82 Å². The summed E-state index contributed by atoms with van der Waals surface area (Å²) in [5.41, 5.74) is 6.12. The fourth-order valence-corrected chi connectivity index (χ4v) is 1.96. The van der Waals surface area contributed by atoms with E-state index in [0.717, 1.165) is 10.6 Å². The Kier molecular flexibility index (Phi) is 6.87. The van der Waals surface area contributed by atoms with Gasteiger partial charge in [0.15, 0.2) is 5.70 Å². The average Bonchev–Trinajstić information content (AvgIpc) is 2.45. The Morgan fingerprint density at radius 2 is 1.91 bits per heavy atom. The van der Waals surface area contributed by atoms with Crippen LogP contribution in [0.1, 0.15) is 19.4 Å². The summed E-state index contributed by atoms with van der Waals surface area (Å²) in [6.07, 6.45) is 0. The van der Waals surface area contributed by atoms with Crippen LogP contribution in [0, 0.1) is 5.92 Å². The number of amides is 2. The molecule has 0 unspecified atom stereocenters. The largest absolute Gasteiger partial charge is 0.365 e. The second-order valence-electron chi connectivity index (χ2n) is 5.29. The summed E-state index contributed by atoms with van der Waals surface area (Å²) in [5.74, 6) is 4.48. The number of nitrogens with zero attached hydrogens (tertiary/aromatic N) is 1. The number of halogens is 1. The van der Waals surface area contributed by atoms with E-state index in [9.17, 15) is 9.59 Å². The molecule has 0 bridgehead atoms. The van der Waals surface area contributed by atoms with Crippen molar-refractivity contribution >= 4 is 23.4 Å². The van der Waals surface area contributed by atoms with Gasteiger partial charge in [0.05, 0.1) is 0 Å². The lowest BCUT2D eigenvalue weighted by Gasteiger charge is -2.21. The quantitative estimate of drug-likeness (QED) is 0.331. The Balaban J connectivity index is 3.09. The molecule has 2 amide bonds. The smallest absolute Gasteiger partial charge is 0.270 e. The minimum Gasteiger partial charge on any atom is -0.365 e. The third-order valence-corrected chi connectivity index (χ3v) is 3.38. The number of carbonyl (C=O) groups is 2. The molecule has 23 heavy (non-hydrogen) atoms. The number of likely N-dealkylation sites (N-methyl/N-ethyl adjacent to an activating group) is 1. The van der Waals surface area contributed by atoms with Crippen LogP contribution in [0.2, 0.25) is 5.02 Å². The molecule has 0 saturated heterocycles. The van der Waals surface area contributed by atoms with E-state index in [1.807, 2.05) is 18.2 Å². The number of benzene rings is 1. The fourth-order valence-electron chi connectivity index (χ4n) is 1.75. The molecule has 0 heterocycles. The molecule has 126 valence electrons. The maximum Gasteiger partial charge on any atom is 0.270 e. The van der Waals surface area contributed by atoms with Gasteiger partial charge in [0.25, 0.3) is 5.91 Å². The summed E-state index contributed by atoms with van der Waals surface area (Å²) in [6.45, 7) is 3.76. The van der Waals surface area contributed by atoms with Gasteiger partial charge in [-0.3, -0.25) is 9.59 Å². The zero-order valence-electron chi connectivity index (χ0n) is 13.4. The van der Waals surface area contributed by atoms with Crippen molar-refractivity contribution in [1.82, 2.24) is 15.6 Å². The van der Waals surface area contributed by atoms with Gasteiger partial charge < -0.3 is 21.4 Å². The van der Waals surface area contributed by atoms with Gasteiger partial charge >= 0.3 is 0 Å². The van der Waals surface area contributed by atoms with Crippen molar-refractivity contribution in [3.8, 4) is 0 Å². The molecule has 0 saturated carbocycles. The fraction of sp³-hybridized carbons (Fsp3) is 0.333. The van der Waals surface area contributed by atoms with Crippen LogP contribution < -0.4 is 22.2 Å². The Morgan fingerprint density at radius 3 is 2.39 bits per heavy atom. The van der Waals surface area contributed by atoms with Gasteiger partial charge in [0, 0.05) is 24.5 Å². The van der Waals surface area contributed by atoms with Crippen LogP contribution in [0.5, 0.6) is 0 Å². The van der Waals surface area contributed by atoms with E-state index in [1.165, 1.54) is 7.05 Å². The first kappa shape index (κ1) is 18.8. The number of carbonyl (C=O) groups excluding carboxylic acids is 2. The van der Waals surface area contributed by atoms with Crippen LogP contribution in [0.4, 0.5) is 0 Å². The minimum atomic E-state index is -0.763. The molecule has 8 heteroatoms. The molecular formula is C15H22ClN5O2. The highest BCUT2D eigenvalue weighted by atomic mass is 35.5. The van der Waals surface area contributed by atoms with Crippen LogP contribution >= 0.6 is 11.6 Å². The number of nitrogens with two attached hydrogens (primary N) is 2. The summed E-state index contributed by atoms with van der Waals surface area (Å²) in [5, 5.41) is 7.22. The number of hydrogen-bond donors (Lipinski definition) is 4. The number of nitrogens with one attached hydrogen (secondary N) is 2. The van der Waals surface area contributed by atoms with Crippen molar-refractivity contribution < 1.29 is 9.59 Å². The van der Waals surface area contributed by atoms with Crippen molar-refractivity contribution in [2.45, 2.75) is 20.4 Å². The zero-order chi connectivity index (χ0) is 17.6. The molecule has 0 aliphatic carbocycles. The van der Waals surface area contributed by atoms with Crippen molar-refractivity contribution in [2.24, 2.45) is 17.5 Å². The molecule has 1 aromatic rings. The second kappa shape index (κ2) is 8.40. The monoisotopic (exact) mass is 339 g/mol. The van der Waals surface area contributed by atoms with Gasteiger partial charge in [-0.05, 0) is 11.6 Å². The van der Waals surface area contributed by atoms with E-state index >= 15 is 0 Å². The Morgan fingerprint density at radius 1 is 1.30 bits per heavy atom. The third-order valence-electron chi connectivity index (χ3n) is 3.01. The number of rotatable bonds is 7.